The van der Waals surface area contributed by atoms with Gasteiger partial charge >= 0.3 is 6.03 Å². The Morgan fingerprint density at radius 1 is 1.11 bits per heavy atom. The molecule has 182 valence electrons. The minimum absolute atomic E-state index is 0.00931. The lowest BCUT2D eigenvalue weighted by Gasteiger charge is -2.18. The number of ketones is 1. The number of hydrogen-bond acceptors (Lipinski definition) is 6. The van der Waals surface area contributed by atoms with Crippen molar-refractivity contribution in [3.05, 3.63) is 78.0 Å². The van der Waals surface area contributed by atoms with Crippen LogP contribution >= 0.6 is 11.6 Å². The molecule has 2 aromatic heterocycles. The molecule has 0 atom stereocenters. The zero-order valence-corrected chi connectivity index (χ0v) is 19.6. The van der Waals surface area contributed by atoms with Crippen LogP contribution in [0.1, 0.15) is 6.42 Å². The standard InChI is InChI=1S/C25H20ClFN6O3/c26-16-7-18(9-19(8-16)33-6-4-20(34)14-33)32-25(35)31-17-1-2-24(22(27)10-17)36-21-3-5-28-23(11-21)15-12-29-30-13-15/h1-3,5,7-13H,4,6,14H2,(H,29,30)(H2,31,32,35). The Hall–Kier alpha value is -4.44. The van der Waals surface area contributed by atoms with Gasteiger partial charge in [0.1, 0.15) is 5.75 Å². The van der Waals surface area contributed by atoms with Gasteiger partial charge in [0.25, 0.3) is 0 Å². The normalized spacial score (nSPS) is 13.1. The third-order valence-electron chi connectivity index (χ3n) is 5.48. The highest BCUT2D eigenvalue weighted by Crippen LogP contribution is 2.30. The monoisotopic (exact) mass is 506 g/mol. The Kier molecular flexibility index (Phi) is 6.50. The van der Waals surface area contributed by atoms with Crippen molar-refractivity contribution >= 4 is 40.5 Å². The molecule has 0 bridgehead atoms. The van der Waals surface area contributed by atoms with E-state index in [0.717, 1.165) is 17.3 Å². The topological polar surface area (TPSA) is 112 Å². The number of hydrogen-bond donors (Lipinski definition) is 3. The van der Waals surface area contributed by atoms with Gasteiger partial charge in [-0.1, -0.05) is 11.6 Å². The van der Waals surface area contributed by atoms with Crippen LogP contribution in [0.25, 0.3) is 11.3 Å². The predicted molar refractivity (Wildman–Crippen MR) is 134 cm³/mol. The van der Waals surface area contributed by atoms with Crippen LogP contribution < -0.4 is 20.3 Å². The Morgan fingerprint density at radius 2 is 1.97 bits per heavy atom. The van der Waals surface area contributed by atoms with E-state index < -0.39 is 11.8 Å². The van der Waals surface area contributed by atoms with Crippen LogP contribution in [0, 0.1) is 5.82 Å². The predicted octanol–water partition coefficient (Wildman–Crippen LogP) is 5.48. The first kappa shape index (κ1) is 23.3. The first-order valence-electron chi connectivity index (χ1n) is 11.0. The summed E-state index contributed by atoms with van der Waals surface area (Å²) >= 11 is 6.20. The number of nitrogens with zero attached hydrogens (tertiary/aromatic N) is 3. The van der Waals surface area contributed by atoms with Crippen molar-refractivity contribution in [1.82, 2.24) is 15.2 Å². The summed E-state index contributed by atoms with van der Waals surface area (Å²) in [5.74, 6) is -0.114. The number of carbonyl (C=O) groups excluding carboxylic acids is 2. The van der Waals surface area contributed by atoms with E-state index in [1.165, 1.54) is 12.1 Å². The van der Waals surface area contributed by atoms with Crippen molar-refractivity contribution in [1.29, 1.82) is 0 Å². The molecule has 0 spiro atoms. The minimum Gasteiger partial charge on any atom is -0.454 e. The Labute approximate surface area is 210 Å². The molecule has 3 N–H and O–H groups in total. The second-order valence-electron chi connectivity index (χ2n) is 8.10. The third-order valence-corrected chi connectivity index (χ3v) is 5.69. The SMILES string of the molecule is O=C1CCN(c2cc(Cl)cc(NC(=O)Nc3ccc(Oc4ccnc(-c5cn[nH]c5)c4)c(F)c3)c2)C1. The van der Waals surface area contributed by atoms with Crippen LogP contribution in [0.15, 0.2) is 67.1 Å². The number of anilines is 3. The number of nitrogens with one attached hydrogen (secondary N) is 3. The van der Waals surface area contributed by atoms with Gasteiger partial charge in [0.15, 0.2) is 17.3 Å². The number of pyridine rings is 1. The second-order valence-corrected chi connectivity index (χ2v) is 8.53. The summed E-state index contributed by atoms with van der Waals surface area (Å²) in [6.45, 7) is 0.909. The Bertz CT molecular complexity index is 1430. The zero-order chi connectivity index (χ0) is 25.1. The van der Waals surface area contributed by atoms with Crippen molar-refractivity contribution < 1.29 is 18.7 Å². The van der Waals surface area contributed by atoms with Crippen molar-refractivity contribution in [2.24, 2.45) is 0 Å². The van der Waals surface area contributed by atoms with Crippen LogP contribution in [-0.2, 0) is 4.79 Å². The minimum atomic E-state index is -0.654. The summed E-state index contributed by atoms with van der Waals surface area (Å²) in [4.78, 5) is 30.3. The average molecular weight is 507 g/mol. The number of rotatable bonds is 6. The molecule has 11 heteroatoms. The molecule has 1 fully saturated rings. The number of H-pyrrole nitrogens is 1. The third kappa shape index (κ3) is 5.44. The molecule has 0 radical (unpaired) electrons. The molecule has 5 rings (SSSR count). The molecule has 2 amide bonds. The van der Waals surface area contributed by atoms with E-state index >= 15 is 0 Å². The smallest absolute Gasteiger partial charge is 0.323 e. The van der Waals surface area contributed by atoms with Gasteiger partial charge in [0, 0.05) is 65.1 Å². The maximum absolute atomic E-state index is 14.7. The van der Waals surface area contributed by atoms with E-state index in [1.807, 2.05) is 4.90 Å². The largest absolute Gasteiger partial charge is 0.454 e. The van der Waals surface area contributed by atoms with E-state index in [-0.39, 0.29) is 17.2 Å². The molecule has 3 heterocycles. The first-order chi connectivity index (χ1) is 17.4. The molecular formula is C25H20ClFN6O3. The van der Waals surface area contributed by atoms with Gasteiger partial charge in [-0.2, -0.15) is 5.10 Å². The number of amides is 2. The van der Waals surface area contributed by atoms with Gasteiger partial charge in [0.05, 0.1) is 18.4 Å². The van der Waals surface area contributed by atoms with Gasteiger partial charge in [-0.3, -0.25) is 14.9 Å². The van der Waals surface area contributed by atoms with Crippen molar-refractivity contribution in [2.75, 3.05) is 28.6 Å². The number of aromatic amines is 1. The summed E-state index contributed by atoms with van der Waals surface area (Å²) < 4.78 is 20.4. The number of halogens is 2. The Balaban J connectivity index is 1.24. The van der Waals surface area contributed by atoms with E-state index in [0.29, 0.717) is 41.7 Å². The number of benzene rings is 2. The van der Waals surface area contributed by atoms with Gasteiger partial charge < -0.3 is 20.3 Å². The highest BCUT2D eigenvalue weighted by Gasteiger charge is 2.20. The van der Waals surface area contributed by atoms with Crippen molar-refractivity contribution in [2.45, 2.75) is 6.42 Å². The zero-order valence-electron chi connectivity index (χ0n) is 18.8. The highest BCUT2D eigenvalue weighted by molar-refractivity contribution is 6.31. The molecule has 2 aromatic carbocycles. The molecule has 0 aliphatic carbocycles. The van der Waals surface area contributed by atoms with Gasteiger partial charge in [-0.25, -0.2) is 9.18 Å². The maximum Gasteiger partial charge on any atom is 0.323 e. The summed E-state index contributed by atoms with van der Waals surface area (Å²) in [5.41, 5.74) is 2.81. The lowest BCUT2D eigenvalue weighted by atomic mass is 10.2. The highest BCUT2D eigenvalue weighted by atomic mass is 35.5. The van der Waals surface area contributed by atoms with Crippen molar-refractivity contribution in [3.8, 4) is 22.8 Å². The number of carbonyl (C=O) groups is 2. The molecule has 1 aliphatic heterocycles. The van der Waals surface area contributed by atoms with Gasteiger partial charge in [0.2, 0.25) is 0 Å². The molecular weight excluding hydrogens is 487 g/mol. The van der Waals surface area contributed by atoms with Crippen LogP contribution in [-0.4, -0.2) is 40.1 Å². The number of aromatic nitrogens is 3. The number of urea groups is 1. The summed E-state index contributed by atoms with van der Waals surface area (Å²) in [6, 6.07) is 11.9. The molecule has 1 saturated heterocycles. The van der Waals surface area contributed by atoms with Gasteiger partial charge in [-0.15, -0.1) is 0 Å². The van der Waals surface area contributed by atoms with E-state index in [4.69, 9.17) is 16.3 Å². The van der Waals surface area contributed by atoms with E-state index in [2.05, 4.69) is 25.8 Å². The molecule has 0 saturated carbocycles. The molecule has 9 nitrogen and oxygen atoms in total. The maximum atomic E-state index is 14.7. The van der Waals surface area contributed by atoms with Crippen LogP contribution in [0.5, 0.6) is 11.5 Å². The fourth-order valence-corrected chi connectivity index (χ4v) is 4.01. The van der Waals surface area contributed by atoms with Crippen LogP contribution in [0.3, 0.4) is 0 Å². The van der Waals surface area contributed by atoms with Crippen LogP contribution in [0.4, 0.5) is 26.2 Å². The molecule has 1 aliphatic rings. The quantitative estimate of drug-likeness (QED) is 0.319. The molecule has 4 aromatic rings. The summed E-state index contributed by atoms with van der Waals surface area (Å²) in [7, 11) is 0. The Morgan fingerprint density at radius 3 is 2.72 bits per heavy atom. The average Bonchev–Trinajstić information content (AvgIpc) is 3.53. The second kappa shape index (κ2) is 10.0. The van der Waals surface area contributed by atoms with Crippen molar-refractivity contribution in [3.63, 3.8) is 0 Å². The van der Waals surface area contributed by atoms with Crippen LogP contribution in [0.2, 0.25) is 5.02 Å². The number of Topliss-reactive ketones (excluding diaryl/α,β-unsaturated/α-hetero) is 1. The lowest BCUT2D eigenvalue weighted by Crippen LogP contribution is -2.21. The molecule has 36 heavy (non-hydrogen) atoms. The van der Waals surface area contributed by atoms with E-state index in [1.54, 1.807) is 48.9 Å². The fourth-order valence-electron chi connectivity index (χ4n) is 3.79. The van der Waals surface area contributed by atoms with Gasteiger partial charge in [-0.05, 0) is 36.4 Å². The molecule has 0 unspecified atom stereocenters. The number of ether oxygens (including phenoxy) is 1. The summed E-state index contributed by atoms with van der Waals surface area (Å²) in [5, 5.41) is 12.3. The lowest BCUT2D eigenvalue weighted by molar-refractivity contribution is -0.116. The summed E-state index contributed by atoms with van der Waals surface area (Å²) in [6.07, 6.45) is 5.35. The first-order valence-corrected chi connectivity index (χ1v) is 11.4. The van der Waals surface area contributed by atoms with E-state index in [9.17, 15) is 14.0 Å². The fraction of sp³-hybridized carbons (Fsp3) is 0.120.